The molecule has 17 heavy (non-hydrogen) atoms. The molecule has 0 saturated heterocycles. The van der Waals surface area contributed by atoms with E-state index in [1.165, 1.54) is 0 Å². The average molecular weight is 227 g/mol. The van der Waals surface area contributed by atoms with Crippen LogP contribution < -0.4 is 10.5 Å². The van der Waals surface area contributed by atoms with Crippen LogP contribution in [0.1, 0.15) is 10.4 Å². The molecule has 3 heteroatoms. The highest BCUT2D eigenvalue weighted by atomic mass is 16.5. The van der Waals surface area contributed by atoms with Crippen LogP contribution in [-0.2, 0) is 0 Å². The van der Waals surface area contributed by atoms with Gasteiger partial charge >= 0.3 is 0 Å². The molecule has 0 amide bonds. The first-order chi connectivity index (χ1) is 8.24. The van der Waals surface area contributed by atoms with E-state index in [4.69, 9.17) is 10.5 Å². The Kier molecular flexibility index (Phi) is 3.10. The van der Waals surface area contributed by atoms with E-state index >= 15 is 0 Å². The summed E-state index contributed by atoms with van der Waals surface area (Å²) in [6.07, 6.45) is 0.821. The molecule has 86 valence electrons. The van der Waals surface area contributed by atoms with Crippen LogP contribution in [0.3, 0.4) is 0 Å². The Morgan fingerprint density at radius 2 is 1.82 bits per heavy atom. The zero-order valence-electron chi connectivity index (χ0n) is 9.51. The first-order valence-corrected chi connectivity index (χ1v) is 5.23. The fourth-order valence-corrected chi connectivity index (χ4v) is 1.67. The third-order valence-electron chi connectivity index (χ3n) is 2.62. The van der Waals surface area contributed by atoms with E-state index in [0.717, 1.165) is 23.2 Å². The van der Waals surface area contributed by atoms with E-state index in [1.807, 2.05) is 24.3 Å². The number of carbonyl (C=O) groups excluding carboxylic acids is 1. The van der Waals surface area contributed by atoms with Crippen LogP contribution in [0.4, 0.5) is 5.69 Å². The highest BCUT2D eigenvalue weighted by molar-refractivity contribution is 5.80. The zero-order valence-corrected chi connectivity index (χ0v) is 9.51. The summed E-state index contributed by atoms with van der Waals surface area (Å²) >= 11 is 0. The quantitative estimate of drug-likeness (QED) is 0.648. The molecule has 2 rings (SSSR count). The van der Waals surface area contributed by atoms with Gasteiger partial charge in [0.2, 0.25) is 0 Å². The number of nitrogens with two attached hydrogens (primary N) is 1. The Labute approximate surface area is 99.8 Å². The van der Waals surface area contributed by atoms with Crippen LogP contribution in [-0.4, -0.2) is 13.4 Å². The van der Waals surface area contributed by atoms with Gasteiger partial charge in [-0.3, -0.25) is 4.79 Å². The van der Waals surface area contributed by atoms with Crippen LogP contribution in [0.15, 0.2) is 42.5 Å². The maximum Gasteiger partial charge on any atom is 0.150 e. The number of aldehydes is 1. The molecule has 0 fully saturated rings. The highest BCUT2D eigenvalue weighted by Gasteiger charge is 2.04. The third kappa shape index (κ3) is 2.28. The number of benzene rings is 2. The minimum Gasteiger partial charge on any atom is -0.497 e. The number of rotatable bonds is 3. The molecular formula is C14H13NO2. The average Bonchev–Trinajstić information content (AvgIpc) is 2.39. The molecule has 0 atom stereocenters. The molecule has 0 heterocycles. The largest absolute Gasteiger partial charge is 0.497 e. The van der Waals surface area contributed by atoms with Crippen molar-refractivity contribution in [3.8, 4) is 16.9 Å². The number of carbonyl (C=O) groups is 1. The maximum absolute atomic E-state index is 10.6. The fourth-order valence-electron chi connectivity index (χ4n) is 1.67. The minimum atomic E-state index is 0.654. The van der Waals surface area contributed by atoms with Crippen LogP contribution in [0.5, 0.6) is 5.75 Å². The summed E-state index contributed by atoms with van der Waals surface area (Å²) in [6, 6.07) is 12.8. The van der Waals surface area contributed by atoms with E-state index in [9.17, 15) is 4.79 Å². The van der Waals surface area contributed by atoms with Gasteiger partial charge in [0.05, 0.1) is 7.11 Å². The summed E-state index contributed by atoms with van der Waals surface area (Å²) < 4.78 is 5.10. The number of nitrogen functional groups attached to an aromatic ring is 1. The number of ether oxygens (including phenoxy) is 1. The summed E-state index contributed by atoms with van der Waals surface area (Å²) in [5, 5.41) is 0. The molecule has 0 unspecified atom stereocenters. The van der Waals surface area contributed by atoms with Crippen molar-refractivity contribution in [1.82, 2.24) is 0 Å². The molecule has 0 aromatic heterocycles. The van der Waals surface area contributed by atoms with E-state index < -0.39 is 0 Å². The van der Waals surface area contributed by atoms with Crippen LogP contribution in [0.2, 0.25) is 0 Å². The lowest BCUT2D eigenvalue weighted by Gasteiger charge is -2.08. The van der Waals surface area contributed by atoms with E-state index in [-0.39, 0.29) is 0 Å². The standard InChI is InChI=1S/C14H13NO2/c1-17-12-6-7-13(14(15)8-12)11-4-2-10(9-16)3-5-11/h2-9H,15H2,1H3. The SMILES string of the molecule is COc1ccc(-c2ccc(C=O)cc2)c(N)c1. The van der Waals surface area contributed by atoms with Gasteiger partial charge in [0, 0.05) is 22.9 Å². The van der Waals surface area contributed by atoms with Crippen molar-refractivity contribution < 1.29 is 9.53 Å². The normalized spacial score (nSPS) is 9.94. The molecule has 0 aliphatic rings. The molecule has 2 aromatic rings. The molecule has 0 aliphatic heterocycles. The monoisotopic (exact) mass is 227 g/mol. The Morgan fingerprint density at radius 1 is 1.12 bits per heavy atom. The van der Waals surface area contributed by atoms with Crippen molar-refractivity contribution in [3.63, 3.8) is 0 Å². The molecule has 2 N–H and O–H groups in total. The van der Waals surface area contributed by atoms with Crippen LogP contribution in [0.25, 0.3) is 11.1 Å². The van der Waals surface area contributed by atoms with Gasteiger partial charge in [-0.2, -0.15) is 0 Å². The molecule has 0 spiro atoms. The van der Waals surface area contributed by atoms with Gasteiger partial charge in [-0.15, -0.1) is 0 Å². The Bertz CT molecular complexity index is 532. The first-order valence-electron chi connectivity index (χ1n) is 5.23. The second-order valence-electron chi connectivity index (χ2n) is 3.69. The second-order valence-corrected chi connectivity index (χ2v) is 3.69. The molecule has 0 saturated carbocycles. The van der Waals surface area contributed by atoms with Crippen molar-refractivity contribution in [1.29, 1.82) is 0 Å². The Hall–Kier alpha value is -2.29. The molecular weight excluding hydrogens is 214 g/mol. The second kappa shape index (κ2) is 4.70. The molecule has 0 aliphatic carbocycles. The number of anilines is 1. The van der Waals surface area contributed by atoms with Crippen molar-refractivity contribution in [3.05, 3.63) is 48.0 Å². The molecule has 2 aromatic carbocycles. The molecule has 3 nitrogen and oxygen atoms in total. The topological polar surface area (TPSA) is 52.3 Å². The molecule has 0 bridgehead atoms. The number of methoxy groups -OCH3 is 1. The van der Waals surface area contributed by atoms with Gasteiger partial charge < -0.3 is 10.5 Å². The lowest BCUT2D eigenvalue weighted by atomic mass is 10.0. The number of hydrogen-bond acceptors (Lipinski definition) is 3. The summed E-state index contributed by atoms with van der Waals surface area (Å²) in [4.78, 5) is 10.6. The predicted molar refractivity (Wildman–Crippen MR) is 68.2 cm³/mol. The van der Waals surface area contributed by atoms with Gasteiger partial charge in [-0.25, -0.2) is 0 Å². The smallest absolute Gasteiger partial charge is 0.150 e. The zero-order chi connectivity index (χ0) is 12.3. The van der Waals surface area contributed by atoms with Crippen molar-refractivity contribution in [2.45, 2.75) is 0 Å². The minimum absolute atomic E-state index is 0.654. The van der Waals surface area contributed by atoms with E-state index in [2.05, 4.69) is 0 Å². The summed E-state index contributed by atoms with van der Waals surface area (Å²) in [5.41, 5.74) is 9.18. The summed E-state index contributed by atoms with van der Waals surface area (Å²) in [6.45, 7) is 0. The van der Waals surface area contributed by atoms with Gasteiger partial charge in [-0.05, 0) is 17.7 Å². The number of hydrogen-bond donors (Lipinski definition) is 1. The van der Waals surface area contributed by atoms with Crippen molar-refractivity contribution in [2.75, 3.05) is 12.8 Å². The van der Waals surface area contributed by atoms with E-state index in [1.54, 1.807) is 25.3 Å². The lowest BCUT2D eigenvalue weighted by molar-refractivity contribution is 0.112. The van der Waals surface area contributed by atoms with Gasteiger partial charge in [0.15, 0.2) is 0 Å². The third-order valence-corrected chi connectivity index (χ3v) is 2.62. The summed E-state index contributed by atoms with van der Waals surface area (Å²) in [7, 11) is 1.60. The molecule has 0 radical (unpaired) electrons. The Balaban J connectivity index is 2.41. The summed E-state index contributed by atoms with van der Waals surface area (Å²) in [5.74, 6) is 0.732. The van der Waals surface area contributed by atoms with Gasteiger partial charge in [-0.1, -0.05) is 24.3 Å². The highest BCUT2D eigenvalue weighted by Crippen LogP contribution is 2.29. The van der Waals surface area contributed by atoms with E-state index in [0.29, 0.717) is 11.3 Å². The van der Waals surface area contributed by atoms with Crippen molar-refractivity contribution >= 4 is 12.0 Å². The van der Waals surface area contributed by atoms with Gasteiger partial charge in [0.25, 0.3) is 0 Å². The van der Waals surface area contributed by atoms with Gasteiger partial charge in [0.1, 0.15) is 12.0 Å². The van der Waals surface area contributed by atoms with Crippen molar-refractivity contribution in [2.24, 2.45) is 0 Å². The maximum atomic E-state index is 10.6. The first kappa shape index (κ1) is 11.2. The lowest BCUT2D eigenvalue weighted by Crippen LogP contribution is -1.92. The van der Waals surface area contributed by atoms with Crippen LogP contribution in [0, 0.1) is 0 Å². The van der Waals surface area contributed by atoms with Crippen LogP contribution >= 0.6 is 0 Å². The predicted octanol–water partition coefficient (Wildman–Crippen LogP) is 2.76. The fraction of sp³-hybridized carbons (Fsp3) is 0.0714. The Morgan fingerprint density at radius 3 is 2.35 bits per heavy atom.